The third-order valence-electron chi connectivity index (χ3n) is 6.20. The molecule has 0 radical (unpaired) electrons. The minimum atomic E-state index is -3.01. The minimum Gasteiger partial charge on any atom is -0.493 e. The zero-order valence-corrected chi connectivity index (χ0v) is 16.9. The number of aliphatic carboxylic acids is 1. The van der Waals surface area contributed by atoms with Gasteiger partial charge in [0.25, 0.3) is 0 Å². The zero-order chi connectivity index (χ0) is 27.2. The lowest BCUT2D eigenvalue weighted by Gasteiger charge is -2.43. The van der Waals surface area contributed by atoms with Gasteiger partial charge in [-0.05, 0) is 49.1 Å². The van der Waals surface area contributed by atoms with Crippen molar-refractivity contribution in [2.24, 2.45) is 5.41 Å². The van der Waals surface area contributed by atoms with E-state index in [-0.39, 0.29) is 18.8 Å². The van der Waals surface area contributed by atoms with Gasteiger partial charge in [0.2, 0.25) is 5.75 Å². The molecule has 2 aromatic carbocycles. The molecule has 1 N–H and O–H groups in total. The first-order valence-corrected chi connectivity index (χ1v) is 9.99. The van der Waals surface area contributed by atoms with Crippen molar-refractivity contribution < 1.29 is 41.9 Å². The number of carbonyl (C=O) groups excluding carboxylic acids is 1. The molecule has 2 aliphatic rings. The number of hydrogen-bond acceptors (Lipinski definition) is 6. The second kappa shape index (κ2) is 8.13. The van der Waals surface area contributed by atoms with Crippen LogP contribution in [0.15, 0.2) is 30.3 Å². The first kappa shape index (κ1) is 14.7. The Labute approximate surface area is 189 Å². The summed E-state index contributed by atoms with van der Waals surface area (Å²) in [5, 5.41) is 10.00. The van der Waals surface area contributed by atoms with Crippen molar-refractivity contribution in [3.63, 3.8) is 0 Å². The summed E-state index contributed by atoms with van der Waals surface area (Å²) < 4.78 is 67.2. The molecular formula is C24H26O7. The van der Waals surface area contributed by atoms with E-state index < -0.39 is 49.0 Å². The Morgan fingerprint density at radius 1 is 1.19 bits per heavy atom. The molecule has 0 spiro atoms. The molecule has 1 aliphatic heterocycles. The van der Waals surface area contributed by atoms with Crippen LogP contribution >= 0.6 is 0 Å². The van der Waals surface area contributed by atoms with E-state index >= 15 is 0 Å². The molecule has 4 rings (SSSR count). The van der Waals surface area contributed by atoms with Crippen molar-refractivity contribution >= 4 is 11.9 Å². The summed E-state index contributed by atoms with van der Waals surface area (Å²) in [6.45, 7) is 1.80. The van der Waals surface area contributed by atoms with Crippen molar-refractivity contribution in [1.82, 2.24) is 0 Å². The molecular weight excluding hydrogens is 400 g/mol. The largest absolute Gasteiger partial charge is 0.493 e. The van der Waals surface area contributed by atoms with Crippen LogP contribution in [0.4, 0.5) is 0 Å². The van der Waals surface area contributed by atoms with Gasteiger partial charge in [0, 0.05) is 11.1 Å². The van der Waals surface area contributed by atoms with Crippen LogP contribution in [0, 0.1) is 5.41 Å². The predicted octanol–water partition coefficient (Wildman–Crippen LogP) is 4.45. The number of rotatable bonds is 8. The monoisotopic (exact) mass is 432 g/mol. The van der Waals surface area contributed by atoms with Gasteiger partial charge < -0.3 is 24.1 Å². The van der Waals surface area contributed by atoms with Crippen LogP contribution in [0.5, 0.6) is 17.2 Å². The Bertz CT molecular complexity index is 1220. The third kappa shape index (κ3) is 3.38. The molecule has 1 fully saturated rings. The van der Waals surface area contributed by atoms with E-state index in [0.29, 0.717) is 41.5 Å². The molecule has 31 heavy (non-hydrogen) atoms. The lowest BCUT2D eigenvalue weighted by atomic mass is 9.64. The predicted molar refractivity (Wildman–Crippen MR) is 113 cm³/mol. The van der Waals surface area contributed by atoms with Crippen molar-refractivity contribution in [2.75, 3.05) is 14.1 Å². The number of cyclic esters (lactones) is 1. The van der Waals surface area contributed by atoms with Crippen LogP contribution in [-0.4, -0.2) is 37.2 Å². The number of methoxy groups -OCH3 is 2. The summed E-state index contributed by atoms with van der Waals surface area (Å²) in [4.78, 5) is 24.1. The highest BCUT2D eigenvalue weighted by Crippen LogP contribution is 2.51. The number of esters is 1. The minimum absolute atomic E-state index is 0.0524. The highest BCUT2D eigenvalue weighted by Gasteiger charge is 2.52. The van der Waals surface area contributed by atoms with Gasteiger partial charge in [-0.1, -0.05) is 19.4 Å². The summed E-state index contributed by atoms with van der Waals surface area (Å²) in [5.74, 6) is -2.55. The van der Waals surface area contributed by atoms with Crippen LogP contribution in [0.25, 0.3) is 11.1 Å². The quantitative estimate of drug-likeness (QED) is 0.616. The third-order valence-corrected chi connectivity index (χ3v) is 6.20. The first-order valence-electron chi connectivity index (χ1n) is 13.0. The summed E-state index contributed by atoms with van der Waals surface area (Å²) in [5.41, 5.74) is 0.594. The molecule has 2 aromatic rings. The molecule has 0 aromatic heterocycles. The fraction of sp³-hybridized carbons (Fsp3) is 0.417. The van der Waals surface area contributed by atoms with E-state index in [2.05, 4.69) is 0 Å². The number of carboxylic acids is 1. The van der Waals surface area contributed by atoms with Crippen molar-refractivity contribution in [1.29, 1.82) is 0 Å². The molecule has 1 aliphatic carbocycles. The van der Waals surface area contributed by atoms with E-state index in [1.165, 1.54) is 12.1 Å². The number of hydrogen-bond donors (Lipinski definition) is 1. The molecule has 7 nitrogen and oxygen atoms in total. The number of fused-ring (bicyclic) bond motifs is 1. The van der Waals surface area contributed by atoms with E-state index in [1.807, 2.05) is 0 Å². The van der Waals surface area contributed by atoms with Crippen molar-refractivity contribution in [2.45, 2.75) is 45.3 Å². The van der Waals surface area contributed by atoms with E-state index in [0.717, 1.165) is 0 Å². The average molecular weight is 433 g/mol. The van der Waals surface area contributed by atoms with E-state index in [4.69, 9.17) is 27.2 Å². The second-order valence-electron chi connectivity index (χ2n) is 7.75. The lowest BCUT2D eigenvalue weighted by Crippen LogP contribution is -2.50. The molecule has 1 atom stereocenters. The normalized spacial score (nSPS) is 20.9. The van der Waals surface area contributed by atoms with Gasteiger partial charge in [0.15, 0.2) is 11.5 Å². The lowest BCUT2D eigenvalue weighted by molar-refractivity contribution is -0.163. The van der Waals surface area contributed by atoms with Crippen molar-refractivity contribution in [3.8, 4) is 28.4 Å². The highest BCUT2D eigenvalue weighted by molar-refractivity contribution is 5.94. The molecule has 1 unspecified atom stereocenters. The van der Waals surface area contributed by atoms with Crippen LogP contribution in [0.3, 0.4) is 0 Å². The maximum Gasteiger partial charge on any atom is 0.338 e. The van der Waals surface area contributed by atoms with Crippen LogP contribution in [0.1, 0.15) is 56.8 Å². The molecule has 1 saturated carbocycles. The number of benzene rings is 2. The number of ether oxygens (including phenoxy) is 4. The van der Waals surface area contributed by atoms with Crippen LogP contribution in [0.2, 0.25) is 0 Å². The fourth-order valence-electron chi connectivity index (χ4n) is 4.33. The summed E-state index contributed by atoms with van der Waals surface area (Å²) in [6, 6.07) is 7.56. The molecule has 0 amide bonds. The van der Waals surface area contributed by atoms with Crippen LogP contribution < -0.4 is 14.2 Å². The van der Waals surface area contributed by atoms with Gasteiger partial charge in [-0.15, -0.1) is 0 Å². The number of carboxylic acid groups (broad SMARTS) is 1. The number of carbonyl (C=O) groups is 2. The smallest absolute Gasteiger partial charge is 0.338 e. The molecule has 164 valence electrons. The van der Waals surface area contributed by atoms with E-state index in [9.17, 15) is 14.7 Å². The summed E-state index contributed by atoms with van der Waals surface area (Å²) in [6.07, 6.45) is 0.832. The SMILES string of the molecule is [2H]C([2H])([2H])Oc1ccc(-c2ccc3c(c2)COC3=O)c(OC(CC)C2(C(=O)O)CCC2)c1OC([2H])([2H])[2H]. The second-order valence-corrected chi connectivity index (χ2v) is 7.75. The Morgan fingerprint density at radius 3 is 2.61 bits per heavy atom. The highest BCUT2D eigenvalue weighted by atomic mass is 16.5. The summed E-state index contributed by atoms with van der Waals surface area (Å²) >= 11 is 0. The Kier molecular flexibility index (Phi) is 3.86. The first-order chi connectivity index (χ1) is 17.2. The van der Waals surface area contributed by atoms with E-state index in [1.54, 1.807) is 25.1 Å². The van der Waals surface area contributed by atoms with Gasteiger partial charge in [0.1, 0.15) is 18.1 Å². The molecule has 1 heterocycles. The topological polar surface area (TPSA) is 91.3 Å². The molecule has 0 saturated heterocycles. The van der Waals surface area contributed by atoms with Gasteiger partial charge in [-0.3, -0.25) is 4.79 Å². The van der Waals surface area contributed by atoms with Gasteiger partial charge in [0.05, 0.1) is 27.9 Å². The Hall–Kier alpha value is -3.22. The van der Waals surface area contributed by atoms with Gasteiger partial charge >= 0.3 is 11.9 Å². The standard InChI is InChI=1S/C24H26O7/c1-4-19(24(23(26)27)10-5-11-24)31-20-16(8-9-18(28-2)21(20)29-3)14-6-7-17-15(12-14)13-30-22(17)25/h6-9,12,19H,4-5,10-11,13H2,1-3H3,(H,26,27)/i2D3,3D3. The maximum absolute atomic E-state index is 12.2. The maximum atomic E-state index is 12.2. The van der Waals surface area contributed by atoms with Gasteiger partial charge in [-0.2, -0.15) is 0 Å². The zero-order valence-electron chi connectivity index (χ0n) is 22.9. The van der Waals surface area contributed by atoms with Crippen molar-refractivity contribution in [3.05, 3.63) is 41.5 Å². The van der Waals surface area contributed by atoms with Gasteiger partial charge in [-0.25, -0.2) is 4.79 Å². The Morgan fingerprint density at radius 2 is 1.97 bits per heavy atom. The Balaban J connectivity index is 1.92. The van der Waals surface area contributed by atoms with Crippen LogP contribution in [-0.2, 0) is 16.1 Å². The average Bonchev–Trinajstić information content (AvgIpc) is 3.12. The molecule has 0 bridgehead atoms. The molecule has 7 heteroatoms. The summed E-state index contributed by atoms with van der Waals surface area (Å²) in [7, 11) is -5.94. The fourth-order valence-corrected chi connectivity index (χ4v) is 4.33.